The second kappa shape index (κ2) is 6.08. The lowest BCUT2D eigenvalue weighted by Gasteiger charge is -2.09. The van der Waals surface area contributed by atoms with E-state index in [2.05, 4.69) is 15.3 Å². The van der Waals surface area contributed by atoms with E-state index in [9.17, 15) is 0 Å². The van der Waals surface area contributed by atoms with Crippen molar-refractivity contribution in [1.82, 2.24) is 14.4 Å². The van der Waals surface area contributed by atoms with Gasteiger partial charge in [-0.25, -0.2) is 9.97 Å². The first-order valence-electron chi connectivity index (χ1n) is 7.58. The molecule has 24 heavy (non-hydrogen) atoms. The highest BCUT2D eigenvalue weighted by Gasteiger charge is 2.13. The van der Waals surface area contributed by atoms with E-state index >= 15 is 0 Å². The predicted molar refractivity (Wildman–Crippen MR) is 91.0 cm³/mol. The minimum atomic E-state index is 0.552. The molecule has 0 aliphatic carbocycles. The summed E-state index contributed by atoms with van der Waals surface area (Å²) in [5, 5.41) is 3.26. The van der Waals surface area contributed by atoms with Gasteiger partial charge in [-0.2, -0.15) is 0 Å². The Morgan fingerprint density at radius 3 is 2.92 bits per heavy atom. The molecule has 0 amide bonds. The molecule has 120 valence electrons. The number of hydrogen-bond donors (Lipinski definition) is 1. The number of aromatic nitrogens is 3. The van der Waals surface area contributed by atoms with E-state index in [0.29, 0.717) is 12.4 Å². The van der Waals surface area contributed by atoms with E-state index in [1.165, 1.54) is 0 Å². The third kappa shape index (κ3) is 2.48. The van der Waals surface area contributed by atoms with Crippen molar-refractivity contribution in [3.63, 3.8) is 0 Å². The molecule has 4 aromatic rings. The van der Waals surface area contributed by atoms with Gasteiger partial charge in [-0.1, -0.05) is 12.1 Å². The van der Waals surface area contributed by atoms with E-state index in [1.807, 2.05) is 53.2 Å². The van der Waals surface area contributed by atoms with Gasteiger partial charge in [0.1, 0.15) is 11.5 Å². The van der Waals surface area contributed by atoms with Crippen LogP contribution in [-0.2, 0) is 6.54 Å². The van der Waals surface area contributed by atoms with E-state index < -0.39 is 0 Å². The molecule has 0 radical (unpaired) electrons. The highest BCUT2D eigenvalue weighted by molar-refractivity contribution is 5.73. The molecule has 0 aliphatic rings. The first-order chi connectivity index (χ1) is 11.9. The molecule has 4 rings (SSSR count). The Morgan fingerprint density at radius 1 is 1.17 bits per heavy atom. The van der Waals surface area contributed by atoms with Crippen LogP contribution in [-0.4, -0.2) is 21.5 Å². The van der Waals surface area contributed by atoms with Gasteiger partial charge in [0.25, 0.3) is 0 Å². The molecule has 0 aliphatic heterocycles. The number of nitrogens with one attached hydrogen (secondary N) is 1. The molecule has 0 spiro atoms. The third-order valence-electron chi connectivity index (χ3n) is 3.82. The first-order valence-corrected chi connectivity index (χ1v) is 7.58. The van der Waals surface area contributed by atoms with Crippen molar-refractivity contribution in [1.29, 1.82) is 0 Å². The zero-order valence-corrected chi connectivity index (χ0v) is 13.1. The van der Waals surface area contributed by atoms with Gasteiger partial charge in [-0.05, 0) is 24.3 Å². The quantitative estimate of drug-likeness (QED) is 0.608. The fourth-order valence-electron chi connectivity index (χ4n) is 2.68. The summed E-state index contributed by atoms with van der Waals surface area (Å²) in [4.78, 5) is 8.91. The molecule has 0 fully saturated rings. The maximum absolute atomic E-state index is 5.46. The minimum Gasteiger partial charge on any atom is -0.496 e. The van der Waals surface area contributed by atoms with Crippen LogP contribution in [0, 0.1) is 0 Å². The fraction of sp³-hybridized carbons (Fsp3) is 0.111. The normalized spacial score (nSPS) is 10.9. The number of imidazole rings is 1. The Bertz CT molecular complexity index is 960. The Labute approximate surface area is 138 Å². The molecule has 6 nitrogen and oxygen atoms in total. The van der Waals surface area contributed by atoms with Crippen molar-refractivity contribution >= 4 is 11.5 Å². The van der Waals surface area contributed by atoms with Crippen molar-refractivity contribution in [2.45, 2.75) is 6.54 Å². The summed E-state index contributed by atoms with van der Waals surface area (Å²) in [6.07, 6.45) is 7.12. The highest BCUT2D eigenvalue weighted by Crippen LogP contribution is 2.30. The molecule has 1 N–H and O–H groups in total. The number of methoxy groups -OCH3 is 1. The second-order valence-corrected chi connectivity index (χ2v) is 5.25. The molecule has 0 bridgehead atoms. The summed E-state index contributed by atoms with van der Waals surface area (Å²) in [6, 6.07) is 11.7. The monoisotopic (exact) mass is 320 g/mol. The van der Waals surface area contributed by atoms with E-state index in [1.54, 1.807) is 19.6 Å². The third-order valence-corrected chi connectivity index (χ3v) is 3.82. The lowest BCUT2D eigenvalue weighted by atomic mass is 10.1. The molecular formula is C18H16N4O2. The minimum absolute atomic E-state index is 0.552. The molecule has 0 atom stereocenters. The molecule has 0 saturated carbocycles. The molecule has 3 heterocycles. The molecule has 0 unspecified atom stereocenters. The van der Waals surface area contributed by atoms with Crippen molar-refractivity contribution < 1.29 is 9.15 Å². The van der Waals surface area contributed by atoms with Crippen LogP contribution in [0.5, 0.6) is 5.75 Å². The van der Waals surface area contributed by atoms with E-state index in [0.717, 1.165) is 28.4 Å². The zero-order chi connectivity index (χ0) is 16.4. The van der Waals surface area contributed by atoms with Crippen LogP contribution in [0.4, 0.5) is 5.82 Å². The molecule has 1 aromatic carbocycles. The van der Waals surface area contributed by atoms with E-state index in [-0.39, 0.29) is 0 Å². The van der Waals surface area contributed by atoms with Crippen LogP contribution in [0.15, 0.2) is 65.7 Å². The first kappa shape index (κ1) is 14.3. The molecular weight excluding hydrogens is 304 g/mol. The number of fused-ring (bicyclic) bond motifs is 1. The number of ether oxygens (including phenoxy) is 1. The number of anilines is 1. The van der Waals surface area contributed by atoms with Gasteiger partial charge in [0, 0.05) is 18.0 Å². The van der Waals surface area contributed by atoms with Gasteiger partial charge in [0.15, 0.2) is 11.5 Å². The number of nitrogens with zero attached hydrogens (tertiary/aromatic N) is 3. The Morgan fingerprint density at radius 2 is 2.08 bits per heavy atom. The zero-order valence-electron chi connectivity index (χ0n) is 13.1. The number of hydrogen-bond acceptors (Lipinski definition) is 5. The van der Waals surface area contributed by atoms with Crippen LogP contribution in [0.1, 0.15) is 5.76 Å². The van der Waals surface area contributed by atoms with Gasteiger partial charge >= 0.3 is 0 Å². The summed E-state index contributed by atoms with van der Waals surface area (Å²) in [5.74, 6) is 2.35. The smallest absolute Gasteiger partial charge is 0.180 e. The van der Waals surface area contributed by atoms with Crippen molar-refractivity contribution in [2.24, 2.45) is 0 Å². The highest BCUT2D eigenvalue weighted by atomic mass is 16.5. The lowest BCUT2D eigenvalue weighted by Crippen LogP contribution is -2.03. The number of furan rings is 1. The lowest BCUT2D eigenvalue weighted by molar-refractivity contribution is 0.416. The number of benzene rings is 1. The van der Waals surface area contributed by atoms with Gasteiger partial charge in [-0.3, -0.25) is 4.40 Å². The van der Waals surface area contributed by atoms with E-state index in [4.69, 9.17) is 9.15 Å². The molecule has 3 aromatic heterocycles. The van der Waals surface area contributed by atoms with Gasteiger partial charge < -0.3 is 14.5 Å². The van der Waals surface area contributed by atoms with Crippen molar-refractivity contribution in [3.8, 4) is 17.0 Å². The predicted octanol–water partition coefficient (Wildman–Crippen LogP) is 3.61. The molecule has 0 saturated heterocycles. The summed E-state index contributed by atoms with van der Waals surface area (Å²) in [5.41, 5.74) is 2.69. The van der Waals surface area contributed by atoms with Crippen LogP contribution in [0.25, 0.3) is 16.9 Å². The Balaban J connectivity index is 1.73. The van der Waals surface area contributed by atoms with Gasteiger partial charge in [0.2, 0.25) is 0 Å². The SMILES string of the molecule is COc1ccccc1-c1cnc2c(NCc3ccco3)nccn12. The average molecular weight is 320 g/mol. The summed E-state index contributed by atoms with van der Waals surface area (Å²) in [6.45, 7) is 0.552. The van der Waals surface area contributed by atoms with Crippen LogP contribution < -0.4 is 10.1 Å². The summed E-state index contributed by atoms with van der Waals surface area (Å²) < 4.78 is 12.8. The van der Waals surface area contributed by atoms with Crippen molar-refractivity contribution in [2.75, 3.05) is 12.4 Å². The Hall–Kier alpha value is -3.28. The maximum atomic E-state index is 5.46. The maximum Gasteiger partial charge on any atom is 0.180 e. The fourth-order valence-corrected chi connectivity index (χ4v) is 2.68. The topological polar surface area (TPSA) is 64.6 Å². The number of rotatable bonds is 5. The molecule has 6 heteroatoms. The van der Waals surface area contributed by atoms with Crippen molar-refractivity contribution in [3.05, 3.63) is 67.0 Å². The van der Waals surface area contributed by atoms with Crippen LogP contribution >= 0.6 is 0 Å². The summed E-state index contributed by atoms with van der Waals surface area (Å²) >= 11 is 0. The van der Waals surface area contributed by atoms with Gasteiger partial charge in [0.05, 0.1) is 31.8 Å². The largest absolute Gasteiger partial charge is 0.496 e. The van der Waals surface area contributed by atoms with Gasteiger partial charge in [-0.15, -0.1) is 0 Å². The van der Waals surface area contributed by atoms with Crippen LogP contribution in [0.2, 0.25) is 0 Å². The summed E-state index contributed by atoms with van der Waals surface area (Å²) in [7, 11) is 1.67. The number of para-hydroxylation sites is 1. The Kier molecular flexibility index (Phi) is 3.63. The second-order valence-electron chi connectivity index (χ2n) is 5.25. The average Bonchev–Trinajstić information content (AvgIpc) is 3.29. The standard InChI is InChI=1S/C18H16N4O2/c1-23-16-7-3-2-6-14(16)15-12-21-18-17(19-8-9-22(15)18)20-11-13-5-4-10-24-13/h2-10,12H,11H2,1H3,(H,19,20). The van der Waals surface area contributed by atoms with Crippen LogP contribution in [0.3, 0.4) is 0 Å².